The van der Waals surface area contributed by atoms with Crippen LogP contribution in [0.3, 0.4) is 0 Å². The van der Waals surface area contributed by atoms with Crippen molar-refractivity contribution in [2.45, 2.75) is 17.2 Å². The Morgan fingerprint density at radius 1 is 1.36 bits per heavy atom. The summed E-state index contributed by atoms with van der Waals surface area (Å²) >= 11 is 0. The van der Waals surface area contributed by atoms with Gasteiger partial charge in [-0.2, -0.15) is 18.3 Å². The lowest BCUT2D eigenvalue weighted by Crippen LogP contribution is -2.20. The van der Waals surface area contributed by atoms with E-state index in [1.165, 1.54) is 30.1 Å². The summed E-state index contributed by atoms with van der Waals surface area (Å²) < 4.78 is 64.9. The van der Waals surface area contributed by atoms with E-state index < -0.39 is 27.9 Å². The topological polar surface area (TPSA) is 84.2 Å². The Kier molecular flexibility index (Phi) is 4.16. The predicted octanol–water partition coefficient (Wildman–Crippen LogP) is 1.82. The van der Waals surface area contributed by atoms with Crippen molar-refractivity contribution < 1.29 is 26.7 Å². The molecule has 10 heteroatoms. The molecule has 0 spiro atoms. The van der Waals surface area contributed by atoms with Crippen molar-refractivity contribution in [1.29, 1.82) is 0 Å². The van der Waals surface area contributed by atoms with E-state index in [9.17, 15) is 26.7 Å². The van der Waals surface area contributed by atoms with Crippen molar-refractivity contribution in [3.05, 3.63) is 42.2 Å². The second kappa shape index (κ2) is 5.61. The molecule has 0 fully saturated rings. The Balaban J connectivity index is 2.28. The molecule has 120 valence electrons. The van der Waals surface area contributed by atoms with Gasteiger partial charge in [0.25, 0.3) is 10.0 Å². The summed E-state index contributed by atoms with van der Waals surface area (Å²) in [5, 5.41) is 12.9. The number of nitrogens with one attached hydrogen (secondary N) is 1. The number of hydrogen-bond donors (Lipinski definition) is 2. The minimum Gasteiger partial charge on any atom is -0.379 e. The van der Waals surface area contributed by atoms with Crippen LogP contribution in [0.15, 0.2) is 41.6 Å². The maximum Gasteiger partial charge on any atom is 0.418 e. The van der Waals surface area contributed by atoms with Crippen LogP contribution in [0.1, 0.15) is 11.7 Å². The first-order valence-corrected chi connectivity index (χ1v) is 7.44. The molecule has 1 unspecified atom stereocenters. The minimum absolute atomic E-state index is 0.0929. The molecule has 0 saturated carbocycles. The number of aromatic nitrogens is 2. The highest BCUT2D eigenvalue weighted by Crippen LogP contribution is 2.33. The number of benzene rings is 1. The van der Waals surface area contributed by atoms with Crippen molar-refractivity contribution in [1.82, 2.24) is 9.78 Å². The molecule has 22 heavy (non-hydrogen) atoms. The highest BCUT2D eigenvalue weighted by molar-refractivity contribution is 7.92. The molecule has 2 aromatic rings. The molecule has 0 saturated heterocycles. The number of aryl methyl sites for hydroxylation is 1. The molecule has 2 rings (SSSR count). The number of alkyl halides is 3. The summed E-state index contributed by atoms with van der Waals surface area (Å²) in [6.07, 6.45) is -5.16. The lowest BCUT2D eigenvalue weighted by molar-refractivity contribution is -0.206. The molecular formula is C12H12F3N3O3S. The van der Waals surface area contributed by atoms with Gasteiger partial charge in [-0.3, -0.25) is 9.40 Å². The molecule has 0 amide bonds. The van der Waals surface area contributed by atoms with Gasteiger partial charge in [0.15, 0.2) is 6.10 Å². The zero-order valence-electron chi connectivity index (χ0n) is 11.2. The lowest BCUT2D eigenvalue weighted by Gasteiger charge is -2.15. The third-order valence-corrected chi connectivity index (χ3v) is 4.09. The monoisotopic (exact) mass is 335 g/mol. The highest BCUT2D eigenvalue weighted by Gasteiger charge is 2.39. The van der Waals surface area contributed by atoms with Crippen molar-refractivity contribution in [2.75, 3.05) is 4.72 Å². The van der Waals surface area contributed by atoms with Crippen molar-refractivity contribution in [3.8, 4) is 0 Å². The maximum absolute atomic E-state index is 12.5. The van der Waals surface area contributed by atoms with Gasteiger partial charge in [0.1, 0.15) is 4.90 Å². The Bertz CT molecular complexity index is 771. The third kappa shape index (κ3) is 3.57. The second-order valence-electron chi connectivity index (χ2n) is 4.52. The van der Waals surface area contributed by atoms with E-state index in [1.54, 1.807) is 0 Å². The number of aliphatic hydroxyl groups is 1. The van der Waals surface area contributed by atoms with Gasteiger partial charge in [-0.25, -0.2) is 8.42 Å². The fraction of sp³-hybridized carbons (Fsp3) is 0.250. The van der Waals surface area contributed by atoms with E-state index in [1.807, 2.05) is 0 Å². The third-order valence-electron chi connectivity index (χ3n) is 2.76. The van der Waals surface area contributed by atoms with Gasteiger partial charge in [0.05, 0.1) is 6.20 Å². The van der Waals surface area contributed by atoms with E-state index in [-0.39, 0.29) is 10.6 Å². The highest BCUT2D eigenvalue weighted by atomic mass is 32.2. The summed E-state index contributed by atoms with van der Waals surface area (Å²) in [7, 11) is -2.44. The van der Waals surface area contributed by atoms with Crippen molar-refractivity contribution >= 4 is 15.7 Å². The molecule has 2 N–H and O–H groups in total. The number of hydrogen-bond acceptors (Lipinski definition) is 4. The van der Waals surface area contributed by atoms with Crippen molar-refractivity contribution in [3.63, 3.8) is 0 Å². The standard InChI is InChI=1S/C12H12F3N3O3S/c1-18-7-10(6-16-18)22(20,21)17-9-4-2-3-8(5-9)11(19)12(13,14)15/h2-7,11,17,19H,1H3. The Morgan fingerprint density at radius 3 is 2.59 bits per heavy atom. The number of anilines is 1. The lowest BCUT2D eigenvalue weighted by atomic mass is 10.1. The molecule has 1 aromatic heterocycles. The molecule has 0 aliphatic rings. The molecule has 0 aliphatic carbocycles. The van der Waals surface area contributed by atoms with E-state index >= 15 is 0 Å². The molecule has 0 radical (unpaired) electrons. The van der Waals surface area contributed by atoms with Gasteiger partial charge in [-0.15, -0.1) is 0 Å². The first-order chi connectivity index (χ1) is 10.1. The largest absolute Gasteiger partial charge is 0.418 e. The number of halogens is 3. The summed E-state index contributed by atoms with van der Waals surface area (Å²) in [4.78, 5) is -0.128. The Morgan fingerprint density at radius 2 is 2.05 bits per heavy atom. The van der Waals surface area contributed by atoms with E-state index in [0.29, 0.717) is 0 Å². The fourth-order valence-corrected chi connectivity index (χ4v) is 2.75. The van der Waals surface area contributed by atoms with E-state index in [2.05, 4.69) is 9.82 Å². The van der Waals surface area contributed by atoms with Gasteiger partial charge < -0.3 is 5.11 Å². The first kappa shape index (κ1) is 16.3. The van der Waals surface area contributed by atoms with E-state index in [4.69, 9.17) is 0 Å². The molecular weight excluding hydrogens is 323 g/mol. The van der Waals surface area contributed by atoms with Crippen molar-refractivity contribution in [2.24, 2.45) is 7.05 Å². The molecule has 1 heterocycles. The van der Waals surface area contributed by atoms with Gasteiger partial charge in [0, 0.05) is 18.9 Å². The zero-order valence-corrected chi connectivity index (χ0v) is 12.1. The smallest absolute Gasteiger partial charge is 0.379 e. The predicted molar refractivity (Wildman–Crippen MR) is 71.5 cm³/mol. The molecule has 6 nitrogen and oxygen atoms in total. The summed E-state index contributed by atoms with van der Waals surface area (Å²) in [6.45, 7) is 0. The minimum atomic E-state index is -4.83. The summed E-state index contributed by atoms with van der Waals surface area (Å²) in [5.41, 5.74) is -0.552. The van der Waals surface area contributed by atoms with Crippen LogP contribution in [-0.4, -0.2) is 29.5 Å². The van der Waals surface area contributed by atoms with Gasteiger partial charge in [-0.1, -0.05) is 12.1 Å². The average Bonchev–Trinajstić information content (AvgIpc) is 2.84. The van der Waals surface area contributed by atoms with Crippen LogP contribution in [-0.2, 0) is 17.1 Å². The van der Waals surface area contributed by atoms with E-state index in [0.717, 1.165) is 18.3 Å². The van der Waals surface area contributed by atoms with Gasteiger partial charge in [0.2, 0.25) is 0 Å². The average molecular weight is 335 g/mol. The van der Waals surface area contributed by atoms with Crippen LogP contribution in [0.4, 0.5) is 18.9 Å². The quantitative estimate of drug-likeness (QED) is 0.893. The van der Waals surface area contributed by atoms with Crippen LogP contribution < -0.4 is 4.72 Å². The Labute approximate surface area is 124 Å². The normalized spacial score (nSPS) is 13.9. The Hall–Kier alpha value is -2.07. The molecule has 0 bridgehead atoms. The summed E-state index contributed by atoms with van der Waals surface area (Å²) in [5.74, 6) is 0. The van der Waals surface area contributed by atoms with Crippen LogP contribution in [0.5, 0.6) is 0 Å². The molecule has 1 atom stereocenters. The number of sulfonamides is 1. The van der Waals surface area contributed by atoms with Crippen LogP contribution in [0.25, 0.3) is 0 Å². The number of rotatable bonds is 4. The van der Waals surface area contributed by atoms with Gasteiger partial charge >= 0.3 is 6.18 Å². The molecule has 0 aliphatic heterocycles. The van der Waals surface area contributed by atoms with Crippen LogP contribution in [0, 0.1) is 0 Å². The van der Waals surface area contributed by atoms with Gasteiger partial charge in [-0.05, 0) is 17.7 Å². The maximum atomic E-state index is 12.5. The summed E-state index contributed by atoms with van der Waals surface area (Å²) in [6, 6.07) is 4.47. The number of nitrogens with zero attached hydrogens (tertiary/aromatic N) is 2. The first-order valence-electron chi connectivity index (χ1n) is 5.96. The van der Waals surface area contributed by atoms with Crippen LogP contribution >= 0.6 is 0 Å². The molecule has 1 aromatic carbocycles. The second-order valence-corrected chi connectivity index (χ2v) is 6.21. The van der Waals surface area contributed by atoms with Crippen LogP contribution in [0.2, 0.25) is 0 Å². The fourth-order valence-electron chi connectivity index (χ4n) is 1.71. The zero-order chi connectivity index (χ0) is 16.5. The SMILES string of the molecule is Cn1cc(S(=O)(=O)Nc2cccc(C(O)C(F)(F)F)c2)cn1. The number of aliphatic hydroxyl groups excluding tert-OH is 1.